The highest BCUT2D eigenvalue weighted by Gasteiger charge is 2.07. The van der Waals surface area contributed by atoms with Gasteiger partial charge in [0.15, 0.2) is 0 Å². The Morgan fingerprint density at radius 2 is 2.06 bits per heavy atom. The number of rotatable bonds is 9. The summed E-state index contributed by atoms with van der Waals surface area (Å²) >= 11 is 5.83. The maximum atomic E-state index is 5.83. The first-order valence-corrected chi connectivity index (χ1v) is 7.23. The van der Waals surface area contributed by atoms with E-state index in [1.807, 2.05) is 18.2 Å². The van der Waals surface area contributed by atoms with Gasteiger partial charge >= 0.3 is 0 Å². The topological polar surface area (TPSA) is 21.3 Å². The maximum Gasteiger partial charge on any atom is 0.123 e. The van der Waals surface area contributed by atoms with Crippen molar-refractivity contribution in [1.82, 2.24) is 5.32 Å². The van der Waals surface area contributed by atoms with Gasteiger partial charge < -0.3 is 10.1 Å². The van der Waals surface area contributed by atoms with E-state index in [1.54, 1.807) is 7.11 Å². The normalized spacial score (nSPS) is 12.4. The van der Waals surface area contributed by atoms with Gasteiger partial charge in [0.05, 0.1) is 7.11 Å². The van der Waals surface area contributed by atoms with E-state index in [0.29, 0.717) is 5.92 Å². The molecule has 0 spiro atoms. The van der Waals surface area contributed by atoms with E-state index in [4.69, 9.17) is 16.3 Å². The van der Waals surface area contributed by atoms with Crippen molar-refractivity contribution < 1.29 is 4.74 Å². The predicted octanol–water partition coefficient (Wildman–Crippen LogP) is 3.83. The number of ether oxygens (including phenoxy) is 1. The molecule has 0 aliphatic rings. The summed E-state index contributed by atoms with van der Waals surface area (Å²) < 4.78 is 5.34. The first kappa shape index (κ1) is 15.3. The molecule has 1 aromatic carbocycles. The zero-order valence-corrected chi connectivity index (χ0v) is 12.2. The maximum absolute atomic E-state index is 5.83. The SMILES string of the molecule is CCCC(CCCl)CNCc1ccccc1OC. The van der Waals surface area contributed by atoms with Gasteiger partial charge in [0, 0.05) is 18.0 Å². The molecule has 0 radical (unpaired) electrons. The van der Waals surface area contributed by atoms with Crippen molar-refractivity contribution in [2.75, 3.05) is 19.5 Å². The molecule has 2 nitrogen and oxygen atoms in total. The van der Waals surface area contributed by atoms with E-state index in [9.17, 15) is 0 Å². The van der Waals surface area contributed by atoms with Crippen molar-refractivity contribution in [3.8, 4) is 5.75 Å². The Morgan fingerprint density at radius 3 is 2.72 bits per heavy atom. The van der Waals surface area contributed by atoms with Crippen molar-refractivity contribution in [2.24, 2.45) is 5.92 Å². The lowest BCUT2D eigenvalue weighted by Gasteiger charge is -2.16. The smallest absolute Gasteiger partial charge is 0.123 e. The molecule has 1 atom stereocenters. The molecule has 1 rings (SSSR count). The Hall–Kier alpha value is -0.730. The molecule has 0 aromatic heterocycles. The number of methoxy groups -OCH3 is 1. The fourth-order valence-corrected chi connectivity index (χ4v) is 2.48. The van der Waals surface area contributed by atoms with Crippen LogP contribution in [-0.2, 0) is 6.54 Å². The number of benzene rings is 1. The summed E-state index contributed by atoms with van der Waals surface area (Å²) in [4.78, 5) is 0. The Kier molecular flexibility index (Phi) is 7.86. The summed E-state index contributed by atoms with van der Waals surface area (Å²) in [6.07, 6.45) is 3.55. The quantitative estimate of drug-likeness (QED) is 0.688. The van der Waals surface area contributed by atoms with Gasteiger partial charge in [-0.1, -0.05) is 31.5 Å². The van der Waals surface area contributed by atoms with Crippen molar-refractivity contribution in [1.29, 1.82) is 0 Å². The van der Waals surface area contributed by atoms with E-state index in [0.717, 1.165) is 31.1 Å². The highest BCUT2D eigenvalue weighted by atomic mass is 35.5. The average Bonchev–Trinajstić information content (AvgIpc) is 2.40. The number of para-hydroxylation sites is 1. The van der Waals surface area contributed by atoms with Gasteiger partial charge in [0.1, 0.15) is 5.75 Å². The largest absolute Gasteiger partial charge is 0.496 e. The minimum Gasteiger partial charge on any atom is -0.496 e. The van der Waals surface area contributed by atoms with Crippen molar-refractivity contribution in [2.45, 2.75) is 32.7 Å². The van der Waals surface area contributed by atoms with E-state index in [2.05, 4.69) is 18.3 Å². The number of hydrogen-bond acceptors (Lipinski definition) is 2. The van der Waals surface area contributed by atoms with Gasteiger partial charge in [0.25, 0.3) is 0 Å². The molecule has 0 saturated heterocycles. The van der Waals surface area contributed by atoms with E-state index in [1.165, 1.54) is 18.4 Å². The van der Waals surface area contributed by atoms with Gasteiger partial charge in [-0.3, -0.25) is 0 Å². The summed E-state index contributed by atoms with van der Waals surface area (Å²) in [6.45, 7) is 4.10. The summed E-state index contributed by atoms with van der Waals surface area (Å²) in [5.74, 6) is 2.39. The standard InChI is InChI=1S/C15H24ClNO/c1-3-6-13(9-10-16)11-17-12-14-7-4-5-8-15(14)18-2/h4-5,7-8,13,17H,3,6,9-12H2,1-2H3. The van der Waals surface area contributed by atoms with Crippen LogP contribution in [0.5, 0.6) is 5.75 Å². The number of hydrogen-bond donors (Lipinski definition) is 1. The van der Waals surface area contributed by atoms with E-state index < -0.39 is 0 Å². The van der Waals surface area contributed by atoms with Crippen LogP contribution in [0.15, 0.2) is 24.3 Å². The molecule has 18 heavy (non-hydrogen) atoms. The van der Waals surface area contributed by atoms with E-state index >= 15 is 0 Å². The number of halogens is 1. The number of alkyl halides is 1. The lowest BCUT2D eigenvalue weighted by Crippen LogP contribution is -2.23. The third-order valence-corrected chi connectivity index (χ3v) is 3.37. The Balaban J connectivity index is 2.39. The predicted molar refractivity (Wildman–Crippen MR) is 78.4 cm³/mol. The molecule has 0 fully saturated rings. The molecule has 0 amide bonds. The second-order valence-corrected chi connectivity index (χ2v) is 4.95. The molecule has 1 unspecified atom stereocenters. The van der Waals surface area contributed by atoms with Gasteiger partial charge in [0.2, 0.25) is 0 Å². The van der Waals surface area contributed by atoms with Crippen LogP contribution in [0, 0.1) is 5.92 Å². The van der Waals surface area contributed by atoms with Crippen LogP contribution >= 0.6 is 11.6 Å². The fraction of sp³-hybridized carbons (Fsp3) is 0.600. The number of nitrogens with one attached hydrogen (secondary N) is 1. The average molecular weight is 270 g/mol. The van der Waals surface area contributed by atoms with Crippen LogP contribution in [0.4, 0.5) is 0 Å². The van der Waals surface area contributed by atoms with Crippen LogP contribution in [0.2, 0.25) is 0 Å². The minimum atomic E-state index is 0.683. The lowest BCUT2D eigenvalue weighted by molar-refractivity contribution is 0.400. The first-order valence-electron chi connectivity index (χ1n) is 6.70. The molecule has 0 heterocycles. The molecular formula is C15H24ClNO. The van der Waals surface area contributed by atoms with Gasteiger partial charge in [-0.15, -0.1) is 11.6 Å². The van der Waals surface area contributed by atoms with Crippen LogP contribution in [0.25, 0.3) is 0 Å². The minimum absolute atomic E-state index is 0.683. The molecule has 1 aromatic rings. The fourth-order valence-electron chi connectivity index (χ4n) is 2.17. The van der Waals surface area contributed by atoms with E-state index in [-0.39, 0.29) is 0 Å². The van der Waals surface area contributed by atoms with Crippen LogP contribution in [0.3, 0.4) is 0 Å². The third kappa shape index (κ3) is 5.28. The molecule has 0 aliphatic carbocycles. The third-order valence-electron chi connectivity index (χ3n) is 3.16. The molecule has 0 aliphatic heterocycles. The summed E-state index contributed by atoms with van der Waals surface area (Å²) in [7, 11) is 1.71. The Morgan fingerprint density at radius 1 is 1.28 bits per heavy atom. The van der Waals surface area contributed by atoms with Crippen LogP contribution in [0.1, 0.15) is 31.7 Å². The molecular weight excluding hydrogens is 246 g/mol. The van der Waals surface area contributed by atoms with Crippen LogP contribution < -0.4 is 10.1 Å². The lowest BCUT2D eigenvalue weighted by atomic mass is 10.0. The van der Waals surface area contributed by atoms with Crippen molar-refractivity contribution in [3.05, 3.63) is 29.8 Å². The Labute approximate surface area is 116 Å². The molecule has 0 bridgehead atoms. The molecule has 0 saturated carbocycles. The summed E-state index contributed by atoms with van der Waals surface area (Å²) in [5.41, 5.74) is 1.21. The second kappa shape index (κ2) is 9.23. The van der Waals surface area contributed by atoms with Gasteiger partial charge in [-0.25, -0.2) is 0 Å². The van der Waals surface area contributed by atoms with Crippen molar-refractivity contribution >= 4 is 11.6 Å². The molecule has 1 N–H and O–H groups in total. The zero-order chi connectivity index (χ0) is 13.2. The van der Waals surface area contributed by atoms with Gasteiger partial charge in [-0.05, 0) is 31.4 Å². The first-order chi connectivity index (χ1) is 8.81. The van der Waals surface area contributed by atoms with Gasteiger partial charge in [-0.2, -0.15) is 0 Å². The highest BCUT2D eigenvalue weighted by molar-refractivity contribution is 6.17. The monoisotopic (exact) mass is 269 g/mol. The zero-order valence-electron chi connectivity index (χ0n) is 11.4. The second-order valence-electron chi connectivity index (χ2n) is 4.58. The summed E-state index contributed by atoms with van der Waals surface area (Å²) in [5, 5.41) is 3.51. The van der Waals surface area contributed by atoms with Crippen LogP contribution in [-0.4, -0.2) is 19.5 Å². The highest BCUT2D eigenvalue weighted by Crippen LogP contribution is 2.17. The van der Waals surface area contributed by atoms with Crippen molar-refractivity contribution in [3.63, 3.8) is 0 Å². The Bertz CT molecular complexity index is 324. The molecule has 102 valence electrons. The molecule has 3 heteroatoms. The summed E-state index contributed by atoms with van der Waals surface area (Å²) in [6, 6.07) is 8.14.